The molecule has 0 heterocycles. The molecule has 0 radical (unpaired) electrons. The first kappa shape index (κ1) is 14.9. The SMILES string of the molecule is CCOc1ccc(Br)cc1C(N)c1ccc(OC)cc1. The van der Waals surface area contributed by atoms with Gasteiger partial charge in [0.2, 0.25) is 0 Å². The Labute approximate surface area is 127 Å². The van der Waals surface area contributed by atoms with Gasteiger partial charge in [0, 0.05) is 10.0 Å². The molecule has 2 rings (SSSR count). The van der Waals surface area contributed by atoms with E-state index in [0.717, 1.165) is 27.1 Å². The van der Waals surface area contributed by atoms with E-state index in [4.69, 9.17) is 15.2 Å². The van der Waals surface area contributed by atoms with Crippen LogP contribution < -0.4 is 15.2 Å². The molecule has 2 aromatic carbocycles. The van der Waals surface area contributed by atoms with Crippen molar-refractivity contribution in [3.63, 3.8) is 0 Å². The second kappa shape index (κ2) is 6.77. The minimum Gasteiger partial charge on any atom is -0.497 e. The van der Waals surface area contributed by atoms with Crippen LogP contribution in [0.15, 0.2) is 46.9 Å². The molecule has 0 spiro atoms. The van der Waals surface area contributed by atoms with Crippen molar-refractivity contribution in [3.8, 4) is 11.5 Å². The van der Waals surface area contributed by atoms with Crippen LogP contribution in [0.5, 0.6) is 11.5 Å². The van der Waals surface area contributed by atoms with Crippen LogP contribution in [0, 0.1) is 0 Å². The summed E-state index contributed by atoms with van der Waals surface area (Å²) in [6.45, 7) is 2.58. The lowest BCUT2D eigenvalue weighted by atomic mass is 9.98. The average Bonchev–Trinajstić information content (AvgIpc) is 2.48. The smallest absolute Gasteiger partial charge is 0.124 e. The second-order valence-corrected chi connectivity index (χ2v) is 5.28. The Kier molecular flexibility index (Phi) is 5.04. The molecule has 1 atom stereocenters. The highest BCUT2D eigenvalue weighted by Gasteiger charge is 2.15. The highest BCUT2D eigenvalue weighted by Crippen LogP contribution is 2.31. The first-order valence-electron chi connectivity index (χ1n) is 6.47. The molecule has 4 heteroatoms. The van der Waals surface area contributed by atoms with E-state index >= 15 is 0 Å². The van der Waals surface area contributed by atoms with Crippen molar-refractivity contribution in [2.75, 3.05) is 13.7 Å². The Bertz CT molecular complexity index is 569. The Hall–Kier alpha value is -1.52. The highest BCUT2D eigenvalue weighted by molar-refractivity contribution is 9.10. The first-order valence-corrected chi connectivity index (χ1v) is 7.26. The average molecular weight is 336 g/mol. The number of hydrogen-bond donors (Lipinski definition) is 1. The van der Waals surface area contributed by atoms with E-state index < -0.39 is 0 Å². The number of rotatable bonds is 5. The number of benzene rings is 2. The molecule has 0 aromatic heterocycles. The van der Waals surface area contributed by atoms with E-state index in [1.54, 1.807) is 7.11 Å². The summed E-state index contributed by atoms with van der Waals surface area (Å²) in [5.74, 6) is 1.64. The zero-order valence-corrected chi connectivity index (χ0v) is 13.2. The Morgan fingerprint density at radius 1 is 1.15 bits per heavy atom. The fourth-order valence-corrected chi connectivity index (χ4v) is 2.42. The zero-order chi connectivity index (χ0) is 14.5. The Morgan fingerprint density at radius 3 is 2.45 bits per heavy atom. The van der Waals surface area contributed by atoms with Crippen molar-refractivity contribution < 1.29 is 9.47 Å². The Morgan fingerprint density at radius 2 is 1.85 bits per heavy atom. The summed E-state index contributed by atoms with van der Waals surface area (Å²) >= 11 is 3.48. The molecule has 0 saturated carbocycles. The maximum Gasteiger partial charge on any atom is 0.124 e. The van der Waals surface area contributed by atoms with E-state index in [1.807, 2.05) is 49.4 Å². The normalized spacial score (nSPS) is 12.0. The van der Waals surface area contributed by atoms with Crippen molar-refractivity contribution in [2.45, 2.75) is 13.0 Å². The third-order valence-corrected chi connectivity index (χ3v) is 3.57. The van der Waals surface area contributed by atoms with Crippen molar-refractivity contribution in [1.29, 1.82) is 0 Å². The summed E-state index contributed by atoms with van der Waals surface area (Å²) in [7, 11) is 1.65. The van der Waals surface area contributed by atoms with Gasteiger partial charge in [-0.05, 0) is 42.8 Å². The lowest BCUT2D eigenvalue weighted by Gasteiger charge is -2.17. The third kappa shape index (κ3) is 3.32. The van der Waals surface area contributed by atoms with Crippen molar-refractivity contribution in [2.24, 2.45) is 5.73 Å². The quantitative estimate of drug-likeness (QED) is 0.900. The molecule has 1 unspecified atom stereocenters. The van der Waals surface area contributed by atoms with Crippen molar-refractivity contribution in [3.05, 3.63) is 58.1 Å². The molecular weight excluding hydrogens is 318 g/mol. The molecule has 0 aliphatic rings. The van der Waals surface area contributed by atoms with Crippen LogP contribution in [-0.2, 0) is 0 Å². The largest absolute Gasteiger partial charge is 0.497 e. The lowest BCUT2D eigenvalue weighted by molar-refractivity contribution is 0.335. The minimum atomic E-state index is -0.236. The van der Waals surface area contributed by atoms with Crippen LogP contribution in [-0.4, -0.2) is 13.7 Å². The fourth-order valence-electron chi connectivity index (χ4n) is 2.04. The maximum absolute atomic E-state index is 6.37. The number of nitrogens with two attached hydrogens (primary N) is 1. The molecular formula is C16H18BrNO2. The molecule has 3 nitrogen and oxygen atoms in total. The first-order chi connectivity index (χ1) is 9.65. The summed E-state index contributed by atoms with van der Waals surface area (Å²) in [4.78, 5) is 0. The summed E-state index contributed by atoms with van der Waals surface area (Å²) in [5.41, 5.74) is 8.35. The van der Waals surface area contributed by atoms with E-state index in [2.05, 4.69) is 15.9 Å². The van der Waals surface area contributed by atoms with E-state index in [1.165, 1.54) is 0 Å². The summed E-state index contributed by atoms with van der Waals surface area (Å²) in [5, 5.41) is 0. The minimum absolute atomic E-state index is 0.236. The van der Waals surface area contributed by atoms with Crippen molar-refractivity contribution in [1.82, 2.24) is 0 Å². The van der Waals surface area contributed by atoms with Gasteiger partial charge in [0.25, 0.3) is 0 Å². The van der Waals surface area contributed by atoms with Crippen LogP contribution in [0.4, 0.5) is 0 Å². The molecule has 0 saturated heterocycles. The van der Waals surface area contributed by atoms with E-state index in [0.29, 0.717) is 6.61 Å². The van der Waals surface area contributed by atoms with Gasteiger partial charge in [-0.15, -0.1) is 0 Å². The Balaban J connectivity index is 2.35. The van der Waals surface area contributed by atoms with Gasteiger partial charge in [0.05, 0.1) is 19.8 Å². The zero-order valence-electron chi connectivity index (χ0n) is 11.6. The van der Waals surface area contributed by atoms with Gasteiger partial charge in [-0.2, -0.15) is 0 Å². The molecule has 2 aromatic rings. The predicted molar refractivity (Wildman–Crippen MR) is 84.3 cm³/mol. The lowest BCUT2D eigenvalue weighted by Crippen LogP contribution is -2.13. The molecule has 0 fully saturated rings. The molecule has 106 valence electrons. The topological polar surface area (TPSA) is 44.5 Å². The summed E-state index contributed by atoms with van der Waals surface area (Å²) in [6.07, 6.45) is 0. The van der Waals surface area contributed by atoms with Crippen LogP contribution in [0.1, 0.15) is 24.1 Å². The second-order valence-electron chi connectivity index (χ2n) is 4.37. The van der Waals surface area contributed by atoms with Gasteiger partial charge < -0.3 is 15.2 Å². The predicted octanol–water partition coefficient (Wildman–Crippen LogP) is 3.90. The number of hydrogen-bond acceptors (Lipinski definition) is 3. The number of ether oxygens (including phenoxy) is 2. The number of halogens is 1. The van der Waals surface area contributed by atoms with Crippen LogP contribution in [0.2, 0.25) is 0 Å². The molecule has 2 N–H and O–H groups in total. The molecule has 0 bridgehead atoms. The molecule has 0 aliphatic carbocycles. The van der Waals surface area contributed by atoms with Crippen LogP contribution in [0.25, 0.3) is 0 Å². The monoisotopic (exact) mass is 335 g/mol. The van der Waals surface area contributed by atoms with Gasteiger partial charge in [0.1, 0.15) is 11.5 Å². The van der Waals surface area contributed by atoms with Crippen LogP contribution >= 0.6 is 15.9 Å². The van der Waals surface area contributed by atoms with Crippen LogP contribution in [0.3, 0.4) is 0 Å². The summed E-state index contributed by atoms with van der Waals surface area (Å²) in [6, 6.07) is 13.4. The van der Waals surface area contributed by atoms with E-state index in [9.17, 15) is 0 Å². The van der Waals surface area contributed by atoms with Gasteiger partial charge in [-0.1, -0.05) is 28.1 Å². The maximum atomic E-state index is 6.37. The third-order valence-electron chi connectivity index (χ3n) is 3.08. The molecule has 20 heavy (non-hydrogen) atoms. The standard InChI is InChI=1S/C16H18BrNO2/c1-3-20-15-9-6-12(17)10-14(15)16(18)11-4-7-13(19-2)8-5-11/h4-10,16H,3,18H2,1-2H3. The van der Waals surface area contributed by atoms with E-state index in [-0.39, 0.29) is 6.04 Å². The van der Waals surface area contributed by atoms with Gasteiger partial charge in [-0.3, -0.25) is 0 Å². The fraction of sp³-hybridized carbons (Fsp3) is 0.250. The highest BCUT2D eigenvalue weighted by atomic mass is 79.9. The number of methoxy groups -OCH3 is 1. The van der Waals surface area contributed by atoms with Gasteiger partial charge in [0.15, 0.2) is 0 Å². The van der Waals surface area contributed by atoms with Gasteiger partial charge >= 0.3 is 0 Å². The molecule has 0 amide bonds. The van der Waals surface area contributed by atoms with Gasteiger partial charge in [-0.25, -0.2) is 0 Å². The summed E-state index contributed by atoms with van der Waals surface area (Å²) < 4.78 is 11.8. The van der Waals surface area contributed by atoms with Crippen molar-refractivity contribution >= 4 is 15.9 Å². The molecule has 0 aliphatic heterocycles.